The van der Waals surface area contributed by atoms with E-state index in [-0.39, 0.29) is 0 Å². The van der Waals surface area contributed by atoms with Crippen molar-refractivity contribution in [1.82, 2.24) is 14.7 Å². The second-order valence-corrected chi connectivity index (χ2v) is 7.48. The van der Waals surface area contributed by atoms with E-state index in [2.05, 4.69) is 64.2 Å². The van der Waals surface area contributed by atoms with Gasteiger partial charge in [-0.3, -0.25) is 9.80 Å². The van der Waals surface area contributed by atoms with Crippen LogP contribution in [0.5, 0.6) is 0 Å². The molecule has 0 radical (unpaired) electrons. The number of likely N-dealkylation sites (N-methyl/N-ethyl adjacent to an activating group) is 1. The number of hydrogen-bond acceptors (Lipinski definition) is 3. The molecule has 3 heteroatoms. The Morgan fingerprint density at radius 1 is 0.833 bits per heavy atom. The Bertz CT molecular complexity index is 662. The van der Waals surface area contributed by atoms with E-state index in [9.17, 15) is 0 Å². The number of rotatable bonds is 3. The average Bonchev–Trinajstić information content (AvgIpc) is 2.63. The van der Waals surface area contributed by atoms with Gasteiger partial charge in [-0.2, -0.15) is 0 Å². The smallest absolute Gasteiger partial charge is 0.0239 e. The van der Waals surface area contributed by atoms with Crippen molar-refractivity contribution in [1.29, 1.82) is 0 Å². The molecule has 0 unspecified atom stereocenters. The third-order valence-electron chi connectivity index (χ3n) is 5.89. The lowest BCUT2D eigenvalue weighted by atomic mass is 10.00. The molecule has 2 aliphatic heterocycles. The van der Waals surface area contributed by atoms with Gasteiger partial charge in [-0.15, -0.1) is 0 Å². The van der Waals surface area contributed by atoms with E-state index in [0.29, 0.717) is 0 Å². The van der Waals surface area contributed by atoms with Crippen molar-refractivity contribution in [3.8, 4) is 0 Å². The molecule has 0 saturated carbocycles. The molecule has 2 heterocycles. The van der Waals surface area contributed by atoms with Crippen molar-refractivity contribution in [2.24, 2.45) is 0 Å². The van der Waals surface area contributed by atoms with Crippen molar-refractivity contribution in [2.45, 2.75) is 25.4 Å². The Kier molecular flexibility index (Phi) is 4.83. The Balaban J connectivity index is 1.36. The van der Waals surface area contributed by atoms with Crippen molar-refractivity contribution in [2.75, 3.05) is 46.3 Å². The third kappa shape index (κ3) is 3.49. The van der Waals surface area contributed by atoms with Gasteiger partial charge in [0, 0.05) is 38.8 Å². The van der Waals surface area contributed by atoms with Gasteiger partial charge in [0.1, 0.15) is 0 Å². The van der Waals surface area contributed by atoms with Crippen LogP contribution in [0.3, 0.4) is 0 Å². The van der Waals surface area contributed by atoms with E-state index in [4.69, 9.17) is 0 Å². The molecule has 0 bridgehead atoms. The van der Waals surface area contributed by atoms with Crippen LogP contribution in [0.15, 0.2) is 42.5 Å². The van der Waals surface area contributed by atoms with Gasteiger partial charge in [-0.1, -0.05) is 42.5 Å². The highest BCUT2D eigenvalue weighted by atomic mass is 15.3. The van der Waals surface area contributed by atoms with Crippen LogP contribution in [0.1, 0.15) is 18.4 Å². The van der Waals surface area contributed by atoms with E-state index in [1.54, 1.807) is 0 Å². The first-order valence-electron chi connectivity index (χ1n) is 9.41. The summed E-state index contributed by atoms with van der Waals surface area (Å²) in [4.78, 5) is 7.83. The summed E-state index contributed by atoms with van der Waals surface area (Å²) in [6.07, 6.45) is 2.66. The summed E-state index contributed by atoms with van der Waals surface area (Å²) in [5.74, 6) is 0. The van der Waals surface area contributed by atoms with Crippen LogP contribution in [-0.4, -0.2) is 67.1 Å². The first kappa shape index (κ1) is 16.1. The molecule has 24 heavy (non-hydrogen) atoms. The number of hydrogen-bond donors (Lipinski definition) is 0. The predicted molar refractivity (Wildman–Crippen MR) is 101 cm³/mol. The molecule has 2 aliphatic rings. The minimum atomic E-state index is 0.808. The molecule has 2 aromatic rings. The van der Waals surface area contributed by atoms with Crippen LogP contribution < -0.4 is 0 Å². The first-order valence-corrected chi connectivity index (χ1v) is 9.41. The van der Waals surface area contributed by atoms with Gasteiger partial charge in [-0.25, -0.2) is 0 Å². The summed E-state index contributed by atoms with van der Waals surface area (Å²) in [6, 6.07) is 16.3. The van der Waals surface area contributed by atoms with Crippen LogP contribution in [-0.2, 0) is 6.54 Å². The zero-order valence-corrected chi connectivity index (χ0v) is 14.8. The maximum absolute atomic E-state index is 2.73. The number of nitrogens with zero attached hydrogens (tertiary/aromatic N) is 3. The van der Waals surface area contributed by atoms with Crippen molar-refractivity contribution >= 4 is 10.8 Å². The van der Waals surface area contributed by atoms with Crippen LogP contribution >= 0.6 is 0 Å². The summed E-state index contributed by atoms with van der Waals surface area (Å²) < 4.78 is 0. The number of piperazine rings is 1. The molecular formula is C21H29N3. The minimum Gasteiger partial charge on any atom is -0.304 e. The second-order valence-electron chi connectivity index (χ2n) is 7.48. The molecule has 4 rings (SSSR count). The molecule has 0 N–H and O–H groups in total. The van der Waals surface area contributed by atoms with Gasteiger partial charge in [0.05, 0.1) is 0 Å². The Hall–Kier alpha value is -1.42. The molecule has 2 saturated heterocycles. The number of piperidine rings is 1. The lowest BCUT2D eigenvalue weighted by molar-refractivity contribution is 0.0659. The molecule has 0 aromatic heterocycles. The molecule has 0 atom stereocenters. The van der Waals surface area contributed by atoms with Crippen LogP contribution in [0.25, 0.3) is 10.8 Å². The number of fused-ring (bicyclic) bond motifs is 1. The van der Waals surface area contributed by atoms with E-state index in [0.717, 1.165) is 12.6 Å². The van der Waals surface area contributed by atoms with Gasteiger partial charge in [-0.05, 0) is 49.3 Å². The molecule has 0 aliphatic carbocycles. The Labute approximate surface area is 145 Å². The van der Waals surface area contributed by atoms with Gasteiger partial charge in [0.25, 0.3) is 0 Å². The van der Waals surface area contributed by atoms with E-state index >= 15 is 0 Å². The van der Waals surface area contributed by atoms with E-state index in [1.807, 2.05) is 0 Å². The van der Waals surface area contributed by atoms with E-state index in [1.165, 1.54) is 68.4 Å². The molecular weight excluding hydrogens is 294 g/mol. The SMILES string of the molecule is CN1CCN(C2CCN(Cc3cccc4ccccc34)CC2)CC1. The normalized spacial score (nSPS) is 22.2. The largest absolute Gasteiger partial charge is 0.304 e. The van der Waals surface area contributed by atoms with Crippen molar-refractivity contribution in [3.05, 3.63) is 48.0 Å². The molecule has 2 fully saturated rings. The van der Waals surface area contributed by atoms with Gasteiger partial charge < -0.3 is 4.90 Å². The summed E-state index contributed by atoms with van der Waals surface area (Å²) in [5.41, 5.74) is 1.48. The molecule has 3 nitrogen and oxygen atoms in total. The third-order valence-corrected chi connectivity index (χ3v) is 5.89. The standard InChI is InChI=1S/C21H29N3/c1-22-13-15-24(16-14-22)20-9-11-23(12-10-20)17-19-7-4-6-18-5-2-3-8-21(18)19/h2-8,20H,9-17H2,1H3. The lowest BCUT2D eigenvalue weighted by Crippen LogP contribution is -2.52. The molecule has 0 spiro atoms. The summed E-state index contributed by atoms with van der Waals surface area (Å²) in [5, 5.41) is 2.78. The Morgan fingerprint density at radius 3 is 2.33 bits per heavy atom. The maximum Gasteiger partial charge on any atom is 0.0239 e. The zero-order chi connectivity index (χ0) is 16.4. The fourth-order valence-electron chi connectivity index (χ4n) is 4.30. The van der Waals surface area contributed by atoms with Crippen molar-refractivity contribution in [3.63, 3.8) is 0 Å². The monoisotopic (exact) mass is 323 g/mol. The number of likely N-dealkylation sites (tertiary alicyclic amines) is 1. The fraction of sp³-hybridized carbons (Fsp3) is 0.524. The zero-order valence-electron chi connectivity index (χ0n) is 14.8. The molecule has 128 valence electrons. The highest BCUT2D eigenvalue weighted by Gasteiger charge is 2.26. The van der Waals surface area contributed by atoms with Gasteiger partial charge in [0.15, 0.2) is 0 Å². The van der Waals surface area contributed by atoms with Gasteiger partial charge >= 0.3 is 0 Å². The Morgan fingerprint density at radius 2 is 1.54 bits per heavy atom. The number of benzene rings is 2. The molecule has 2 aromatic carbocycles. The van der Waals surface area contributed by atoms with Crippen LogP contribution in [0.4, 0.5) is 0 Å². The van der Waals surface area contributed by atoms with Crippen molar-refractivity contribution < 1.29 is 0 Å². The van der Waals surface area contributed by atoms with Crippen LogP contribution in [0.2, 0.25) is 0 Å². The minimum absolute atomic E-state index is 0.808. The maximum atomic E-state index is 2.73. The topological polar surface area (TPSA) is 9.72 Å². The lowest BCUT2D eigenvalue weighted by Gasteiger charge is -2.42. The quantitative estimate of drug-likeness (QED) is 0.859. The summed E-state index contributed by atoms with van der Waals surface area (Å²) in [7, 11) is 2.24. The van der Waals surface area contributed by atoms with Gasteiger partial charge in [0.2, 0.25) is 0 Å². The highest BCUT2D eigenvalue weighted by molar-refractivity contribution is 5.85. The van der Waals surface area contributed by atoms with E-state index < -0.39 is 0 Å². The summed E-state index contributed by atoms with van der Waals surface area (Å²) in [6.45, 7) is 8.54. The molecule has 0 amide bonds. The first-order chi connectivity index (χ1) is 11.8. The van der Waals surface area contributed by atoms with Crippen LogP contribution in [0, 0.1) is 0 Å². The second kappa shape index (κ2) is 7.22. The average molecular weight is 323 g/mol. The summed E-state index contributed by atoms with van der Waals surface area (Å²) >= 11 is 0. The predicted octanol–water partition coefficient (Wildman–Crippen LogP) is 3.05. The highest BCUT2D eigenvalue weighted by Crippen LogP contribution is 2.23. The fourth-order valence-corrected chi connectivity index (χ4v) is 4.30.